The topological polar surface area (TPSA) is 15.7 Å². The number of ether oxygens (including phenoxy) is 1. The first-order chi connectivity index (χ1) is 12.6. The first-order valence-corrected chi connectivity index (χ1v) is 10.5. The summed E-state index contributed by atoms with van der Waals surface area (Å²) >= 11 is 0. The minimum absolute atomic E-state index is 0.00278. The van der Waals surface area contributed by atoms with Crippen LogP contribution in [-0.4, -0.2) is 48.6 Å². The van der Waals surface area contributed by atoms with Gasteiger partial charge in [-0.1, -0.05) is 29.8 Å². The lowest BCUT2D eigenvalue weighted by Gasteiger charge is -2.43. The number of allylic oxidation sites excluding steroid dienone is 1. The zero-order valence-electron chi connectivity index (χ0n) is 16.5. The van der Waals surface area contributed by atoms with Crippen molar-refractivity contribution < 1.29 is 4.74 Å². The molecule has 0 amide bonds. The van der Waals surface area contributed by atoms with Crippen molar-refractivity contribution in [2.75, 3.05) is 27.2 Å². The highest BCUT2D eigenvalue weighted by Gasteiger charge is 2.41. The van der Waals surface area contributed by atoms with E-state index in [-0.39, 0.29) is 5.60 Å². The highest BCUT2D eigenvalue weighted by atomic mass is 16.5. The molecule has 26 heavy (non-hydrogen) atoms. The van der Waals surface area contributed by atoms with Gasteiger partial charge in [-0.15, -0.1) is 0 Å². The first-order valence-electron chi connectivity index (χ1n) is 10.5. The number of nitrogens with zero attached hydrogens (tertiary/aromatic N) is 2. The van der Waals surface area contributed by atoms with E-state index in [9.17, 15) is 0 Å². The van der Waals surface area contributed by atoms with Gasteiger partial charge in [0.25, 0.3) is 0 Å². The van der Waals surface area contributed by atoms with Crippen molar-refractivity contribution in [3.8, 4) is 5.75 Å². The van der Waals surface area contributed by atoms with Gasteiger partial charge in [0, 0.05) is 31.2 Å². The molecule has 1 aromatic rings. The predicted molar refractivity (Wildman–Crippen MR) is 108 cm³/mol. The molecule has 1 spiro atoms. The molecule has 3 nitrogen and oxygen atoms in total. The molecule has 2 aliphatic carbocycles. The van der Waals surface area contributed by atoms with Gasteiger partial charge in [-0.25, -0.2) is 0 Å². The second-order valence-electron chi connectivity index (χ2n) is 8.82. The molecule has 4 rings (SSSR count). The van der Waals surface area contributed by atoms with E-state index < -0.39 is 0 Å². The van der Waals surface area contributed by atoms with Crippen LogP contribution in [0.15, 0.2) is 35.9 Å². The maximum Gasteiger partial charge on any atom is 0.124 e. The smallest absolute Gasteiger partial charge is 0.124 e. The van der Waals surface area contributed by atoms with E-state index in [0.29, 0.717) is 6.04 Å². The lowest BCUT2D eigenvalue weighted by Crippen LogP contribution is -2.50. The van der Waals surface area contributed by atoms with Crippen LogP contribution in [0.3, 0.4) is 0 Å². The monoisotopic (exact) mass is 354 g/mol. The van der Waals surface area contributed by atoms with Gasteiger partial charge in [0.1, 0.15) is 11.4 Å². The lowest BCUT2D eigenvalue weighted by molar-refractivity contribution is -0.00892. The molecule has 0 unspecified atom stereocenters. The van der Waals surface area contributed by atoms with Crippen LogP contribution >= 0.6 is 0 Å². The van der Waals surface area contributed by atoms with Gasteiger partial charge >= 0.3 is 0 Å². The molecule has 142 valence electrons. The van der Waals surface area contributed by atoms with Crippen molar-refractivity contribution >= 4 is 0 Å². The summed E-state index contributed by atoms with van der Waals surface area (Å²) in [6.07, 6.45) is 12.7. The largest absolute Gasteiger partial charge is 0.486 e. The predicted octanol–water partition coefficient (Wildman–Crippen LogP) is 4.62. The van der Waals surface area contributed by atoms with E-state index >= 15 is 0 Å². The zero-order valence-corrected chi connectivity index (χ0v) is 16.5. The number of rotatable bonds is 3. The van der Waals surface area contributed by atoms with Crippen molar-refractivity contribution in [2.24, 2.45) is 0 Å². The molecule has 3 aliphatic rings. The maximum absolute atomic E-state index is 6.66. The van der Waals surface area contributed by atoms with Crippen LogP contribution in [0.5, 0.6) is 5.75 Å². The highest BCUT2D eigenvalue weighted by Crippen LogP contribution is 2.39. The Morgan fingerprint density at radius 2 is 2.00 bits per heavy atom. The Morgan fingerprint density at radius 1 is 1.19 bits per heavy atom. The molecule has 0 bridgehead atoms. The Hall–Kier alpha value is -1.32. The second kappa shape index (κ2) is 7.74. The van der Waals surface area contributed by atoms with Gasteiger partial charge in [0.2, 0.25) is 0 Å². The van der Waals surface area contributed by atoms with Crippen molar-refractivity contribution in [1.29, 1.82) is 0 Å². The number of benzene rings is 1. The molecule has 1 saturated carbocycles. The fourth-order valence-corrected chi connectivity index (χ4v) is 5.17. The van der Waals surface area contributed by atoms with Crippen molar-refractivity contribution in [3.05, 3.63) is 41.5 Å². The van der Waals surface area contributed by atoms with Crippen LogP contribution in [0.1, 0.15) is 56.9 Å². The third kappa shape index (κ3) is 3.99. The van der Waals surface area contributed by atoms with Crippen LogP contribution in [0, 0.1) is 0 Å². The van der Waals surface area contributed by atoms with Gasteiger partial charge < -0.3 is 4.74 Å². The second-order valence-corrected chi connectivity index (χ2v) is 8.82. The lowest BCUT2D eigenvalue weighted by atomic mass is 9.81. The minimum Gasteiger partial charge on any atom is -0.486 e. The van der Waals surface area contributed by atoms with E-state index in [0.717, 1.165) is 18.8 Å². The standard InChI is InChI=1S/C23H34N2O/c1-24-17-20-10-6-7-11-22(20)26-23(18-24)14-12-21(13-15-23)25(2)16-19-8-4-3-5-9-19/h6-8,10-11,21H,3-5,9,12-18H2,1-2H3. The Labute approximate surface area is 159 Å². The maximum atomic E-state index is 6.66. The molecular formula is C23H34N2O. The number of likely N-dealkylation sites (N-methyl/N-ethyl adjacent to an activating group) is 2. The number of hydrogen-bond donors (Lipinski definition) is 0. The average Bonchev–Trinajstić information content (AvgIpc) is 2.78. The summed E-state index contributed by atoms with van der Waals surface area (Å²) in [6, 6.07) is 9.30. The molecule has 0 atom stereocenters. The molecule has 1 heterocycles. The molecular weight excluding hydrogens is 320 g/mol. The summed E-state index contributed by atoms with van der Waals surface area (Å²) in [5.74, 6) is 1.11. The summed E-state index contributed by atoms with van der Waals surface area (Å²) in [5.41, 5.74) is 3.00. The van der Waals surface area contributed by atoms with Crippen molar-refractivity contribution in [1.82, 2.24) is 9.80 Å². The fraction of sp³-hybridized carbons (Fsp3) is 0.652. The Morgan fingerprint density at radius 3 is 2.77 bits per heavy atom. The van der Waals surface area contributed by atoms with Gasteiger partial charge in [-0.3, -0.25) is 9.80 Å². The van der Waals surface area contributed by atoms with Gasteiger partial charge in [-0.05, 0) is 71.5 Å². The van der Waals surface area contributed by atoms with Gasteiger partial charge in [-0.2, -0.15) is 0 Å². The zero-order chi connectivity index (χ0) is 18.0. The Bertz CT molecular complexity index is 645. The molecule has 1 fully saturated rings. The van der Waals surface area contributed by atoms with Crippen molar-refractivity contribution in [3.63, 3.8) is 0 Å². The number of fused-ring (bicyclic) bond motifs is 1. The molecule has 1 aromatic carbocycles. The summed E-state index contributed by atoms with van der Waals surface area (Å²) < 4.78 is 6.66. The molecule has 0 aromatic heterocycles. The first kappa shape index (κ1) is 18.1. The molecule has 0 saturated heterocycles. The van der Waals surface area contributed by atoms with Crippen LogP contribution in [0.2, 0.25) is 0 Å². The molecule has 0 radical (unpaired) electrons. The third-order valence-electron chi connectivity index (χ3n) is 6.62. The van der Waals surface area contributed by atoms with E-state index in [2.05, 4.69) is 54.2 Å². The van der Waals surface area contributed by atoms with E-state index in [1.54, 1.807) is 5.57 Å². The van der Waals surface area contributed by atoms with E-state index in [1.165, 1.54) is 63.5 Å². The minimum atomic E-state index is 0.00278. The van der Waals surface area contributed by atoms with Gasteiger partial charge in [0.15, 0.2) is 0 Å². The summed E-state index contributed by atoms with van der Waals surface area (Å²) in [4.78, 5) is 5.06. The van der Waals surface area contributed by atoms with Crippen LogP contribution in [-0.2, 0) is 6.54 Å². The fourth-order valence-electron chi connectivity index (χ4n) is 5.17. The Balaban J connectivity index is 1.40. The SMILES string of the molecule is CN1Cc2ccccc2OC2(CCC(N(C)CC3=CCCCC3)CC2)C1. The Kier molecular flexibility index (Phi) is 5.37. The van der Waals surface area contributed by atoms with Crippen LogP contribution in [0.25, 0.3) is 0 Å². The molecule has 0 N–H and O–H groups in total. The molecule has 3 heteroatoms. The van der Waals surface area contributed by atoms with Crippen molar-refractivity contribution in [2.45, 2.75) is 69.6 Å². The van der Waals surface area contributed by atoms with Crippen LogP contribution in [0.4, 0.5) is 0 Å². The van der Waals surface area contributed by atoms with E-state index in [4.69, 9.17) is 4.74 Å². The van der Waals surface area contributed by atoms with Crippen LogP contribution < -0.4 is 4.74 Å². The summed E-state index contributed by atoms with van der Waals surface area (Å²) in [7, 11) is 4.56. The molecule has 1 aliphatic heterocycles. The summed E-state index contributed by atoms with van der Waals surface area (Å²) in [6.45, 7) is 3.21. The quantitative estimate of drug-likeness (QED) is 0.736. The van der Waals surface area contributed by atoms with Gasteiger partial charge in [0.05, 0.1) is 0 Å². The highest BCUT2D eigenvalue weighted by molar-refractivity contribution is 5.35. The number of para-hydroxylation sites is 1. The number of hydrogen-bond acceptors (Lipinski definition) is 3. The summed E-state index contributed by atoms with van der Waals surface area (Å²) in [5, 5.41) is 0. The normalized spacial score (nSPS) is 29.8. The van der Waals surface area contributed by atoms with E-state index in [1.807, 2.05) is 0 Å². The third-order valence-corrected chi connectivity index (χ3v) is 6.62. The average molecular weight is 355 g/mol.